The smallest absolute Gasteiger partial charge is 0.122 e. The van der Waals surface area contributed by atoms with Crippen LogP contribution in [-0.4, -0.2) is 13.2 Å². The first-order valence-corrected chi connectivity index (χ1v) is 7.53. The van der Waals surface area contributed by atoms with E-state index in [9.17, 15) is 0 Å². The molecule has 1 atom stereocenters. The Hall–Kier alpha value is -1.52. The second-order valence-corrected chi connectivity index (χ2v) is 5.82. The second-order valence-electron chi connectivity index (χ2n) is 4.91. The van der Waals surface area contributed by atoms with Crippen molar-refractivity contribution in [1.29, 1.82) is 0 Å². The lowest BCUT2D eigenvalue weighted by Gasteiger charge is -2.19. The van der Waals surface area contributed by atoms with E-state index in [1.165, 1.54) is 11.1 Å². The zero-order valence-corrected chi connectivity index (χ0v) is 12.7. The molecule has 2 aromatic rings. The molecule has 1 aliphatic heterocycles. The van der Waals surface area contributed by atoms with E-state index in [4.69, 9.17) is 10.5 Å². The van der Waals surface area contributed by atoms with Gasteiger partial charge < -0.3 is 15.8 Å². The number of nitrogens with two attached hydrogens (primary N) is 1. The van der Waals surface area contributed by atoms with E-state index < -0.39 is 0 Å². The van der Waals surface area contributed by atoms with Crippen molar-refractivity contribution < 1.29 is 4.74 Å². The van der Waals surface area contributed by atoms with Gasteiger partial charge in [0, 0.05) is 23.1 Å². The number of hydrogen-bond acceptors (Lipinski definition) is 3. The van der Waals surface area contributed by atoms with Crippen molar-refractivity contribution in [3.8, 4) is 5.75 Å². The molecule has 0 spiro atoms. The van der Waals surface area contributed by atoms with Crippen molar-refractivity contribution in [3.05, 3.63) is 58.1 Å². The van der Waals surface area contributed by atoms with Crippen LogP contribution in [0.3, 0.4) is 0 Å². The number of benzene rings is 2. The van der Waals surface area contributed by atoms with E-state index in [2.05, 4.69) is 33.4 Å². The normalized spacial score (nSPS) is 14.5. The van der Waals surface area contributed by atoms with E-state index in [0.717, 1.165) is 28.9 Å². The summed E-state index contributed by atoms with van der Waals surface area (Å²) in [5, 5.41) is 3.48. The molecule has 2 aromatic carbocycles. The predicted octanol–water partition coefficient (Wildman–Crippen LogP) is 3.50. The van der Waals surface area contributed by atoms with Crippen LogP contribution in [0.25, 0.3) is 0 Å². The summed E-state index contributed by atoms with van der Waals surface area (Å²) in [7, 11) is 0. The van der Waals surface area contributed by atoms with Crippen molar-refractivity contribution in [2.45, 2.75) is 12.5 Å². The molecule has 0 fully saturated rings. The molecule has 3 N–H and O–H groups in total. The summed E-state index contributed by atoms with van der Waals surface area (Å²) in [6.45, 7) is 1.34. The van der Waals surface area contributed by atoms with Gasteiger partial charge in [0.1, 0.15) is 5.75 Å². The number of ether oxygens (including phenoxy) is 1. The van der Waals surface area contributed by atoms with Gasteiger partial charge in [-0.05, 0) is 47.5 Å². The second kappa shape index (κ2) is 5.85. The first kappa shape index (κ1) is 13.5. The van der Waals surface area contributed by atoms with E-state index in [-0.39, 0.29) is 6.04 Å². The zero-order valence-electron chi connectivity index (χ0n) is 11.1. The standard InChI is InChI=1S/C16H17BrN2O/c17-13-2-4-14(5-3-13)19-15(10-18)11-1-6-16-12(9-11)7-8-20-16/h1-6,9,15,19H,7-8,10,18H2. The minimum absolute atomic E-state index is 0.113. The summed E-state index contributed by atoms with van der Waals surface area (Å²) in [4.78, 5) is 0. The summed E-state index contributed by atoms with van der Waals surface area (Å²) in [5.74, 6) is 1.01. The van der Waals surface area contributed by atoms with Crippen LogP contribution in [0.2, 0.25) is 0 Å². The van der Waals surface area contributed by atoms with Gasteiger partial charge >= 0.3 is 0 Å². The van der Waals surface area contributed by atoms with Gasteiger partial charge in [-0.1, -0.05) is 22.0 Å². The van der Waals surface area contributed by atoms with Gasteiger partial charge in [0.2, 0.25) is 0 Å². The van der Waals surface area contributed by atoms with Gasteiger partial charge in [0.05, 0.1) is 12.6 Å². The molecule has 20 heavy (non-hydrogen) atoms. The molecule has 0 saturated heterocycles. The lowest BCUT2D eigenvalue weighted by Crippen LogP contribution is -2.20. The van der Waals surface area contributed by atoms with Gasteiger partial charge in [-0.3, -0.25) is 0 Å². The van der Waals surface area contributed by atoms with Crippen molar-refractivity contribution in [2.75, 3.05) is 18.5 Å². The summed E-state index contributed by atoms with van der Waals surface area (Å²) in [6.07, 6.45) is 0.985. The third kappa shape index (κ3) is 2.81. The SMILES string of the molecule is NCC(Nc1ccc(Br)cc1)c1ccc2c(c1)CCO2. The number of anilines is 1. The molecule has 3 nitrogen and oxygen atoms in total. The Morgan fingerprint density at radius 2 is 2.00 bits per heavy atom. The van der Waals surface area contributed by atoms with Gasteiger partial charge in [-0.25, -0.2) is 0 Å². The quantitative estimate of drug-likeness (QED) is 0.900. The molecule has 0 saturated carbocycles. The van der Waals surface area contributed by atoms with Gasteiger partial charge in [0.15, 0.2) is 0 Å². The average molecular weight is 333 g/mol. The number of fused-ring (bicyclic) bond motifs is 1. The molecule has 4 heteroatoms. The largest absolute Gasteiger partial charge is 0.493 e. The van der Waals surface area contributed by atoms with Crippen LogP contribution in [0, 0.1) is 0 Å². The van der Waals surface area contributed by atoms with E-state index in [1.807, 2.05) is 30.3 Å². The highest BCUT2D eigenvalue weighted by molar-refractivity contribution is 9.10. The van der Waals surface area contributed by atoms with Crippen molar-refractivity contribution in [3.63, 3.8) is 0 Å². The van der Waals surface area contributed by atoms with Crippen LogP contribution < -0.4 is 15.8 Å². The Labute approximate surface area is 127 Å². The van der Waals surface area contributed by atoms with Crippen LogP contribution in [0.4, 0.5) is 5.69 Å². The van der Waals surface area contributed by atoms with Crippen molar-refractivity contribution >= 4 is 21.6 Å². The molecule has 0 radical (unpaired) electrons. The van der Waals surface area contributed by atoms with E-state index in [1.54, 1.807) is 0 Å². The maximum Gasteiger partial charge on any atom is 0.122 e. The summed E-state index contributed by atoms with van der Waals surface area (Å²) in [6, 6.07) is 14.6. The molecule has 3 rings (SSSR count). The van der Waals surface area contributed by atoms with Gasteiger partial charge in [0.25, 0.3) is 0 Å². The fraction of sp³-hybridized carbons (Fsp3) is 0.250. The highest BCUT2D eigenvalue weighted by Crippen LogP contribution is 2.29. The topological polar surface area (TPSA) is 47.3 Å². The Kier molecular flexibility index (Phi) is 3.94. The molecule has 0 bridgehead atoms. The average Bonchev–Trinajstić information content (AvgIpc) is 2.94. The molecule has 1 unspecified atom stereocenters. The molecule has 1 heterocycles. The fourth-order valence-corrected chi connectivity index (χ4v) is 2.71. The molecule has 0 amide bonds. The van der Waals surface area contributed by atoms with Crippen LogP contribution in [0.1, 0.15) is 17.2 Å². The fourth-order valence-electron chi connectivity index (χ4n) is 2.45. The lowest BCUT2D eigenvalue weighted by atomic mass is 10.0. The predicted molar refractivity (Wildman–Crippen MR) is 85.2 cm³/mol. The molecule has 0 aliphatic carbocycles. The van der Waals surface area contributed by atoms with E-state index in [0.29, 0.717) is 6.54 Å². The molecular formula is C16H17BrN2O. The molecule has 1 aliphatic rings. The minimum atomic E-state index is 0.113. The van der Waals surface area contributed by atoms with E-state index >= 15 is 0 Å². The summed E-state index contributed by atoms with van der Waals surface area (Å²) in [5.41, 5.74) is 9.48. The summed E-state index contributed by atoms with van der Waals surface area (Å²) >= 11 is 3.44. The summed E-state index contributed by atoms with van der Waals surface area (Å²) < 4.78 is 6.61. The van der Waals surface area contributed by atoms with Crippen molar-refractivity contribution in [1.82, 2.24) is 0 Å². The molecule has 0 aromatic heterocycles. The van der Waals surface area contributed by atoms with Gasteiger partial charge in [-0.15, -0.1) is 0 Å². The number of hydrogen-bond donors (Lipinski definition) is 2. The Balaban J connectivity index is 1.81. The van der Waals surface area contributed by atoms with Gasteiger partial charge in [-0.2, -0.15) is 0 Å². The van der Waals surface area contributed by atoms with Crippen LogP contribution in [0.5, 0.6) is 5.75 Å². The third-order valence-electron chi connectivity index (χ3n) is 3.54. The lowest BCUT2D eigenvalue weighted by molar-refractivity contribution is 0.357. The first-order valence-electron chi connectivity index (χ1n) is 6.74. The van der Waals surface area contributed by atoms with Crippen molar-refractivity contribution in [2.24, 2.45) is 5.73 Å². The first-order chi connectivity index (χ1) is 9.76. The number of nitrogens with one attached hydrogen (secondary N) is 1. The Bertz CT molecular complexity index is 598. The van der Waals surface area contributed by atoms with Crippen LogP contribution in [0.15, 0.2) is 46.9 Å². The number of halogens is 1. The highest BCUT2D eigenvalue weighted by atomic mass is 79.9. The highest BCUT2D eigenvalue weighted by Gasteiger charge is 2.16. The monoisotopic (exact) mass is 332 g/mol. The third-order valence-corrected chi connectivity index (χ3v) is 4.07. The maximum absolute atomic E-state index is 5.92. The van der Waals surface area contributed by atoms with Crippen LogP contribution >= 0.6 is 15.9 Å². The maximum atomic E-state index is 5.92. The molecular weight excluding hydrogens is 316 g/mol. The molecule has 104 valence electrons. The van der Waals surface area contributed by atoms with Crippen LogP contribution in [-0.2, 0) is 6.42 Å². The Morgan fingerprint density at radius 3 is 2.75 bits per heavy atom. The minimum Gasteiger partial charge on any atom is -0.493 e. The Morgan fingerprint density at radius 1 is 1.20 bits per heavy atom. The number of rotatable bonds is 4. The zero-order chi connectivity index (χ0) is 13.9.